The molecule has 2 N–H and O–H groups in total. The highest BCUT2D eigenvalue weighted by Crippen LogP contribution is 2.09. The van der Waals surface area contributed by atoms with Gasteiger partial charge in [-0.15, -0.1) is 12.3 Å². The maximum absolute atomic E-state index is 12.3. The van der Waals surface area contributed by atoms with Gasteiger partial charge in [-0.1, -0.05) is 30.3 Å². The fraction of sp³-hybridized carbons (Fsp3) is 0.375. The molecule has 1 rings (SSSR count). The number of carbonyl (C=O) groups excluding carboxylic acids is 1. The first-order valence-corrected chi connectivity index (χ1v) is 6.73. The Hall–Kier alpha value is -2.48. The Morgan fingerprint density at radius 3 is 2.43 bits per heavy atom. The molecule has 0 aliphatic rings. The lowest BCUT2D eigenvalue weighted by Crippen LogP contribution is -2.49. The molecule has 1 aromatic rings. The van der Waals surface area contributed by atoms with Crippen LogP contribution in [0.3, 0.4) is 0 Å². The van der Waals surface area contributed by atoms with Gasteiger partial charge >= 0.3 is 12.0 Å². The van der Waals surface area contributed by atoms with Crippen LogP contribution in [0.1, 0.15) is 25.8 Å². The molecule has 1 unspecified atom stereocenters. The monoisotopic (exact) mass is 288 g/mol. The van der Waals surface area contributed by atoms with Gasteiger partial charge in [0.15, 0.2) is 0 Å². The molecule has 0 aliphatic heterocycles. The molecule has 0 radical (unpaired) electrons. The van der Waals surface area contributed by atoms with Gasteiger partial charge in [-0.05, 0) is 19.4 Å². The van der Waals surface area contributed by atoms with Crippen molar-refractivity contribution in [3.05, 3.63) is 35.9 Å². The first-order chi connectivity index (χ1) is 9.95. The van der Waals surface area contributed by atoms with Gasteiger partial charge in [0.1, 0.15) is 6.04 Å². The van der Waals surface area contributed by atoms with Crippen LogP contribution < -0.4 is 5.32 Å². The van der Waals surface area contributed by atoms with Crippen LogP contribution in [0.25, 0.3) is 0 Å². The number of hydrogen-bond donors (Lipinski definition) is 2. The SMILES string of the molecule is C#CCC(NC(=O)N(Cc1ccccc1)C(C)C)C(=O)O. The van der Waals surface area contributed by atoms with E-state index in [1.807, 2.05) is 44.2 Å². The minimum atomic E-state index is -1.13. The summed E-state index contributed by atoms with van der Waals surface area (Å²) in [5.41, 5.74) is 0.977. The molecule has 0 aliphatic carbocycles. The number of nitrogens with one attached hydrogen (secondary N) is 1. The van der Waals surface area contributed by atoms with Crippen molar-refractivity contribution in [1.82, 2.24) is 10.2 Å². The normalized spacial score (nSPS) is 11.5. The molecule has 0 bridgehead atoms. The van der Waals surface area contributed by atoms with Gasteiger partial charge in [-0.25, -0.2) is 9.59 Å². The number of hydrogen-bond acceptors (Lipinski definition) is 2. The number of carboxylic acids is 1. The number of aliphatic carboxylic acids is 1. The van der Waals surface area contributed by atoms with Crippen LogP contribution in [0.4, 0.5) is 4.79 Å². The van der Waals surface area contributed by atoms with Crippen molar-refractivity contribution in [1.29, 1.82) is 0 Å². The highest BCUT2D eigenvalue weighted by molar-refractivity contribution is 5.83. The number of carbonyl (C=O) groups is 2. The number of amides is 2. The number of carboxylic acid groups (broad SMARTS) is 1. The average molecular weight is 288 g/mol. The summed E-state index contributed by atoms with van der Waals surface area (Å²) in [5.74, 6) is 1.12. The first-order valence-electron chi connectivity index (χ1n) is 6.73. The molecule has 2 amide bonds. The van der Waals surface area contributed by atoms with Crippen molar-refractivity contribution in [2.24, 2.45) is 0 Å². The maximum atomic E-state index is 12.3. The molecular formula is C16H20N2O3. The molecule has 1 atom stereocenters. The van der Waals surface area contributed by atoms with Crippen molar-refractivity contribution in [3.63, 3.8) is 0 Å². The predicted octanol–water partition coefficient (Wildman–Crippen LogP) is 2.08. The van der Waals surface area contributed by atoms with Crippen molar-refractivity contribution in [3.8, 4) is 12.3 Å². The zero-order chi connectivity index (χ0) is 15.8. The summed E-state index contributed by atoms with van der Waals surface area (Å²) in [5, 5.41) is 11.5. The molecule has 21 heavy (non-hydrogen) atoms. The first kappa shape index (κ1) is 16.6. The van der Waals surface area contributed by atoms with Crippen molar-refractivity contribution in [2.75, 3.05) is 0 Å². The van der Waals surface area contributed by atoms with Crippen LogP contribution in [0.5, 0.6) is 0 Å². The summed E-state index contributed by atoms with van der Waals surface area (Å²) in [4.78, 5) is 24.9. The predicted molar refractivity (Wildman–Crippen MR) is 80.5 cm³/mol. The Kier molecular flexibility index (Phi) is 6.28. The molecule has 112 valence electrons. The summed E-state index contributed by atoms with van der Waals surface area (Å²) in [6.07, 6.45) is 5.08. The quantitative estimate of drug-likeness (QED) is 0.787. The highest BCUT2D eigenvalue weighted by Gasteiger charge is 2.24. The van der Waals surface area contributed by atoms with Crippen molar-refractivity contribution >= 4 is 12.0 Å². The maximum Gasteiger partial charge on any atom is 0.327 e. The summed E-state index contributed by atoms with van der Waals surface area (Å²) < 4.78 is 0. The molecule has 0 fully saturated rings. The van der Waals surface area contributed by atoms with Gasteiger partial charge in [0, 0.05) is 19.0 Å². The third-order valence-electron chi connectivity index (χ3n) is 3.00. The summed E-state index contributed by atoms with van der Waals surface area (Å²) in [7, 11) is 0. The van der Waals surface area contributed by atoms with E-state index in [0.29, 0.717) is 6.54 Å². The fourth-order valence-corrected chi connectivity index (χ4v) is 1.82. The number of terminal acetylenes is 1. The van der Waals surface area contributed by atoms with Crippen LogP contribution in [0, 0.1) is 12.3 Å². The molecule has 0 saturated carbocycles. The van der Waals surface area contributed by atoms with Gasteiger partial charge in [-0.3, -0.25) is 0 Å². The average Bonchev–Trinajstić information content (AvgIpc) is 2.44. The second kappa shape index (κ2) is 7.95. The Bertz CT molecular complexity index is 520. The standard InChI is InChI=1S/C16H20N2O3/c1-4-8-14(15(19)20)17-16(21)18(12(2)3)11-13-9-6-5-7-10-13/h1,5-7,9-10,12,14H,8,11H2,2-3H3,(H,17,21)(H,19,20). The number of rotatable bonds is 6. The van der Waals surface area contributed by atoms with E-state index in [4.69, 9.17) is 11.5 Å². The zero-order valence-corrected chi connectivity index (χ0v) is 12.2. The molecule has 5 nitrogen and oxygen atoms in total. The van der Waals surface area contributed by atoms with Gasteiger partial charge in [-0.2, -0.15) is 0 Å². The Labute approximate surface area is 125 Å². The van der Waals surface area contributed by atoms with E-state index in [9.17, 15) is 9.59 Å². The fourth-order valence-electron chi connectivity index (χ4n) is 1.82. The number of urea groups is 1. The van der Waals surface area contributed by atoms with E-state index in [2.05, 4.69) is 11.2 Å². The van der Waals surface area contributed by atoms with Crippen LogP contribution in [0.15, 0.2) is 30.3 Å². The van der Waals surface area contributed by atoms with E-state index in [-0.39, 0.29) is 12.5 Å². The molecular weight excluding hydrogens is 268 g/mol. The van der Waals surface area contributed by atoms with Crippen LogP contribution in [-0.4, -0.2) is 34.1 Å². The van der Waals surface area contributed by atoms with Gasteiger partial charge in [0.2, 0.25) is 0 Å². The molecule has 1 aromatic carbocycles. The van der Waals surface area contributed by atoms with Gasteiger partial charge in [0.25, 0.3) is 0 Å². The Morgan fingerprint density at radius 1 is 1.33 bits per heavy atom. The Balaban J connectivity index is 2.78. The molecule has 0 aromatic heterocycles. The second-order valence-corrected chi connectivity index (χ2v) is 4.96. The lowest BCUT2D eigenvalue weighted by molar-refractivity contribution is -0.139. The van der Waals surface area contributed by atoms with Crippen LogP contribution >= 0.6 is 0 Å². The molecule has 0 saturated heterocycles. The third kappa shape index (κ3) is 5.19. The molecule has 0 spiro atoms. The van der Waals surface area contributed by atoms with E-state index >= 15 is 0 Å². The number of nitrogens with zero attached hydrogens (tertiary/aromatic N) is 1. The summed E-state index contributed by atoms with van der Waals surface area (Å²) >= 11 is 0. The third-order valence-corrected chi connectivity index (χ3v) is 3.00. The lowest BCUT2D eigenvalue weighted by Gasteiger charge is -2.28. The van der Waals surface area contributed by atoms with E-state index < -0.39 is 18.0 Å². The lowest BCUT2D eigenvalue weighted by atomic mass is 10.2. The molecule has 5 heteroatoms. The van der Waals surface area contributed by atoms with Gasteiger partial charge < -0.3 is 15.3 Å². The summed E-state index contributed by atoms with van der Waals surface area (Å²) in [6.45, 7) is 4.16. The highest BCUT2D eigenvalue weighted by atomic mass is 16.4. The van der Waals surface area contributed by atoms with E-state index in [0.717, 1.165) is 5.56 Å². The van der Waals surface area contributed by atoms with Crippen LogP contribution in [0.2, 0.25) is 0 Å². The minimum Gasteiger partial charge on any atom is -0.480 e. The largest absolute Gasteiger partial charge is 0.480 e. The topological polar surface area (TPSA) is 69.6 Å². The minimum absolute atomic E-state index is 0.0433. The van der Waals surface area contributed by atoms with Crippen molar-refractivity contribution < 1.29 is 14.7 Å². The van der Waals surface area contributed by atoms with Crippen molar-refractivity contribution in [2.45, 2.75) is 38.9 Å². The van der Waals surface area contributed by atoms with Gasteiger partial charge in [0.05, 0.1) is 0 Å². The van der Waals surface area contributed by atoms with Crippen LogP contribution in [-0.2, 0) is 11.3 Å². The Morgan fingerprint density at radius 2 is 1.95 bits per heavy atom. The molecule has 0 heterocycles. The second-order valence-electron chi connectivity index (χ2n) is 4.96. The number of benzene rings is 1. The van der Waals surface area contributed by atoms with E-state index in [1.165, 1.54) is 0 Å². The summed E-state index contributed by atoms with van der Waals surface area (Å²) in [6, 6.07) is 7.95. The zero-order valence-electron chi connectivity index (χ0n) is 12.2. The van der Waals surface area contributed by atoms with E-state index in [1.54, 1.807) is 4.90 Å². The smallest absolute Gasteiger partial charge is 0.327 e.